The minimum atomic E-state index is -1.91. The van der Waals surface area contributed by atoms with Crippen molar-refractivity contribution >= 4 is 36.5 Å². The molecule has 4 rings (SSSR count). The number of nitrogens with zero attached hydrogens (tertiary/aromatic N) is 2. The Labute approximate surface area is 180 Å². The van der Waals surface area contributed by atoms with Gasteiger partial charge in [-0.1, -0.05) is 43.4 Å². The fraction of sp³-hybridized carbons (Fsp3) is 0.231. The number of allylic oxidation sites excluding steroid dienone is 5. The van der Waals surface area contributed by atoms with Crippen molar-refractivity contribution in [3.8, 4) is 0 Å². The molecular weight excluding hydrogens is 384 g/mol. The van der Waals surface area contributed by atoms with Crippen LogP contribution in [0.3, 0.4) is 0 Å². The summed E-state index contributed by atoms with van der Waals surface area (Å²) in [6.07, 6.45) is 7.78. The number of rotatable bonds is 3. The first-order valence-electron chi connectivity index (χ1n) is 10.3. The van der Waals surface area contributed by atoms with Crippen molar-refractivity contribution in [3.63, 3.8) is 0 Å². The van der Waals surface area contributed by atoms with Crippen LogP contribution in [0, 0.1) is 0 Å². The number of carbonyl (C=O) groups is 1. The monoisotopic (exact) mass is 413 g/mol. The van der Waals surface area contributed by atoms with Crippen molar-refractivity contribution in [2.24, 2.45) is 0 Å². The Morgan fingerprint density at radius 3 is 2.27 bits per heavy atom. The summed E-state index contributed by atoms with van der Waals surface area (Å²) < 4.78 is 2.18. The van der Waals surface area contributed by atoms with E-state index in [-0.39, 0.29) is 0 Å². The van der Waals surface area contributed by atoms with E-state index in [9.17, 15) is 4.79 Å². The number of anilines is 1. The van der Waals surface area contributed by atoms with Crippen LogP contribution in [0.5, 0.6) is 0 Å². The predicted octanol–water partition coefficient (Wildman–Crippen LogP) is 4.04. The van der Waals surface area contributed by atoms with Crippen LogP contribution >= 0.6 is 0 Å². The van der Waals surface area contributed by atoms with E-state index >= 15 is 0 Å². The summed E-state index contributed by atoms with van der Waals surface area (Å²) in [6.45, 7) is 4.91. The van der Waals surface area contributed by atoms with Gasteiger partial charge in [0.15, 0.2) is 5.71 Å². The van der Waals surface area contributed by atoms with Crippen LogP contribution in [0.2, 0.25) is 13.1 Å². The number of fused-ring (bicyclic) bond motifs is 2. The normalized spacial score (nSPS) is 16.6. The summed E-state index contributed by atoms with van der Waals surface area (Å²) in [5.41, 5.74) is 8.23. The van der Waals surface area contributed by atoms with Crippen LogP contribution in [0.4, 0.5) is 5.69 Å². The number of carbonyl (C=O) groups excluding carboxylic acids is 1. The molecule has 0 fully saturated rings. The van der Waals surface area contributed by atoms with E-state index in [1.165, 1.54) is 38.5 Å². The van der Waals surface area contributed by atoms with Crippen LogP contribution < -0.4 is 10.1 Å². The second-order valence-electron chi connectivity index (χ2n) is 8.99. The largest absolute Gasteiger partial charge is 0.378 e. The molecule has 0 radical (unpaired) electrons. The van der Waals surface area contributed by atoms with Crippen LogP contribution in [0.1, 0.15) is 21.5 Å². The zero-order valence-corrected chi connectivity index (χ0v) is 19.7. The fourth-order valence-corrected chi connectivity index (χ4v) is 7.49. The lowest BCUT2D eigenvalue weighted by atomic mass is 9.89. The Hall–Kier alpha value is -2.98. The third-order valence-corrected chi connectivity index (χ3v) is 9.78. The minimum Gasteiger partial charge on any atom is -0.378 e. The molecule has 1 aliphatic heterocycles. The maximum absolute atomic E-state index is 11.2. The Bertz CT molecular complexity index is 1160. The quantitative estimate of drug-likeness (QED) is 0.431. The highest BCUT2D eigenvalue weighted by Gasteiger charge is 2.40. The first-order valence-corrected chi connectivity index (χ1v) is 13.3. The lowest BCUT2D eigenvalue weighted by Crippen LogP contribution is -2.49. The maximum atomic E-state index is 11.2. The Morgan fingerprint density at radius 2 is 1.67 bits per heavy atom. The molecule has 0 saturated carbocycles. The van der Waals surface area contributed by atoms with Gasteiger partial charge in [-0.15, -0.1) is 0 Å². The molecule has 0 saturated heterocycles. The van der Waals surface area contributed by atoms with Gasteiger partial charge in [-0.25, -0.2) is 4.58 Å². The van der Waals surface area contributed by atoms with Gasteiger partial charge in [0.2, 0.25) is 0 Å². The molecule has 1 aliphatic carbocycles. The molecule has 2 aromatic carbocycles. The van der Waals surface area contributed by atoms with Gasteiger partial charge >= 0.3 is 0 Å². The lowest BCUT2D eigenvalue weighted by molar-refractivity contribution is -0.462. The van der Waals surface area contributed by atoms with Gasteiger partial charge in [0.1, 0.15) is 28.5 Å². The lowest BCUT2D eigenvalue weighted by Gasteiger charge is -2.38. The highest BCUT2D eigenvalue weighted by molar-refractivity contribution is 6.98. The SMILES string of the molecule is CN(C)c1ccc2c(c1)[Si](C)(C)C1=CC(=[N+](C)C)C=CC1=C2c1ccc(C=O)cc1. The van der Waals surface area contributed by atoms with Gasteiger partial charge in [0.05, 0.1) is 0 Å². The minimum absolute atomic E-state index is 0.705. The molecule has 0 N–H and O–H groups in total. The topological polar surface area (TPSA) is 23.3 Å². The van der Waals surface area contributed by atoms with E-state index in [4.69, 9.17) is 0 Å². The van der Waals surface area contributed by atoms with Crippen LogP contribution in [-0.2, 0) is 0 Å². The molecule has 4 heteroatoms. The van der Waals surface area contributed by atoms with Crippen molar-refractivity contribution in [1.29, 1.82) is 0 Å². The number of benzene rings is 2. The predicted molar refractivity (Wildman–Crippen MR) is 130 cm³/mol. The van der Waals surface area contributed by atoms with Crippen molar-refractivity contribution in [1.82, 2.24) is 0 Å². The molecule has 2 aliphatic rings. The van der Waals surface area contributed by atoms with Crippen molar-refractivity contribution in [2.45, 2.75) is 13.1 Å². The molecular formula is C26H29N2OSi+. The number of aldehydes is 1. The number of hydrogen-bond donors (Lipinski definition) is 0. The van der Waals surface area contributed by atoms with Gasteiger partial charge in [-0.05, 0) is 50.9 Å². The molecule has 0 aromatic heterocycles. The Kier molecular flexibility index (Phi) is 4.98. The standard InChI is InChI=1S/C26H29N2OSi/c1-27(2)20-11-13-22-24(15-20)30(5,6)25-16-21(28(3)4)12-14-23(25)26(22)19-9-7-18(17-29)8-10-19/h7-17H,1-6H3/q+1. The molecule has 0 spiro atoms. The van der Waals surface area contributed by atoms with E-state index in [2.05, 4.69) is 99.3 Å². The average Bonchev–Trinajstić information content (AvgIpc) is 2.74. The molecule has 3 nitrogen and oxygen atoms in total. The van der Waals surface area contributed by atoms with Crippen LogP contribution in [-0.4, -0.2) is 52.8 Å². The first-order chi connectivity index (χ1) is 14.2. The van der Waals surface area contributed by atoms with Gasteiger partial charge < -0.3 is 4.90 Å². The summed E-state index contributed by atoms with van der Waals surface area (Å²) in [4.78, 5) is 13.3. The Balaban J connectivity index is 2.06. The highest BCUT2D eigenvalue weighted by Crippen LogP contribution is 2.41. The molecule has 2 aromatic rings. The summed E-state index contributed by atoms with van der Waals surface area (Å²) in [5.74, 6) is 0. The van der Waals surface area contributed by atoms with Gasteiger partial charge in [-0.3, -0.25) is 4.79 Å². The summed E-state index contributed by atoms with van der Waals surface area (Å²) >= 11 is 0. The third kappa shape index (κ3) is 3.21. The van der Waals surface area contributed by atoms with E-state index in [0.717, 1.165) is 11.8 Å². The third-order valence-electron chi connectivity index (χ3n) is 6.26. The van der Waals surface area contributed by atoms with Crippen molar-refractivity contribution < 1.29 is 9.37 Å². The average molecular weight is 414 g/mol. The molecule has 0 bridgehead atoms. The molecule has 30 heavy (non-hydrogen) atoms. The van der Waals surface area contributed by atoms with Crippen molar-refractivity contribution in [3.05, 3.63) is 88.2 Å². The molecule has 0 amide bonds. The molecule has 0 atom stereocenters. The van der Waals surface area contributed by atoms with E-state index in [1.54, 1.807) is 0 Å². The Morgan fingerprint density at radius 1 is 0.967 bits per heavy atom. The zero-order valence-electron chi connectivity index (χ0n) is 18.7. The summed E-state index contributed by atoms with van der Waals surface area (Å²) in [6, 6.07) is 14.8. The number of hydrogen-bond acceptors (Lipinski definition) is 2. The molecule has 0 unspecified atom stereocenters. The van der Waals surface area contributed by atoms with Crippen LogP contribution in [0.15, 0.2) is 71.5 Å². The second kappa shape index (κ2) is 7.37. The first kappa shape index (κ1) is 20.3. The smallest absolute Gasteiger partial charge is 0.199 e. The second-order valence-corrected chi connectivity index (χ2v) is 13.3. The fourth-order valence-electron chi connectivity index (χ4n) is 4.42. The zero-order chi connectivity index (χ0) is 21.6. The van der Waals surface area contributed by atoms with Crippen LogP contribution in [0.25, 0.3) is 5.57 Å². The summed E-state index contributed by atoms with van der Waals surface area (Å²) in [5, 5.41) is 2.93. The highest BCUT2D eigenvalue weighted by atomic mass is 28.3. The van der Waals surface area contributed by atoms with Crippen molar-refractivity contribution in [2.75, 3.05) is 33.1 Å². The van der Waals surface area contributed by atoms with Gasteiger partial charge in [-0.2, -0.15) is 0 Å². The summed E-state index contributed by atoms with van der Waals surface area (Å²) in [7, 11) is 6.48. The van der Waals surface area contributed by atoms with Gasteiger partial charge in [0.25, 0.3) is 0 Å². The maximum Gasteiger partial charge on any atom is 0.199 e. The van der Waals surface area contributed by atoms with E-state index in [0.29, 0.717) is 5.56 Å². The molecule has 1 heterocycles. The van der Waals surface area contributed by atoms with Gasteiger partial charge in [0, 0.05) is 37.5 Å². The van der Waals surface area contributed by atoms with E-state index < -0.39 is 8.07 Å². The molecule has 152 valence electrons. The van der Waals surface area contributed by atoms with E-state index in [1.807, 2.05) is 12.1 Å².